The first kappa shape index (κ1) is 10.5. The topological polar surface area (TPSA) is 48.2 Å². The summed E-state index contributed by atoms with van der Waals surface area (Å²) in [5, 5.41) is 3.78. The van der Waals surface area contributed by atoms with Crippen LogP contribution in [0.4, 0.5) is 0 Å². The lowest BCUT2D eigenvalue weighted by molar-refractivity contribution is 0.0683. The number of hydrogen-bond donors (Lipinski definition) is 0. The lowest BCUT2D eigenvalue weighted by Crippen LogP contribution is -2.01. The van der Waals surface area contributed by atoms with Crippen molar-refractivity contribution in [3.63, 3.8) is 0 Å². The quantitative estimate of drug-likeness (QED) is 0.688. The molecule has 1 aromatic heterocycles. The molecule has 74 valence electrons. The molecule has 4 nitrogen and oxygen atoms in total. The van der Waals surface area contributed by atoms with Crippen LogP contribution < -0.4 is 0 Å². The molecule has 0 N–H and O–H groups in total. The van der Waals surface area contributed by atoms with Gasteiger partial charge in [-0.05, 0) is 13.8 Å². The molecule has 0 aliphatic carbocycles. The Labute approximate surface area is 82.2 Å². The number of aryl methyl sites for hydroxylation is 1. The number of ether oxygens (including phenoxy) is 1. The molecule has 0 aromatic carbocycles. The molecule has 0 saturated heterocycles. The van der Waals surface area contributed by atoms with Crippen molar-refractivity contribution in [3.05, 3.63) is 11.7 Å². The lowest BCUT2D eigenvalue weighted by Gasteiger charge is -2.04. The van der Waals surface area contributed by atoms with Crippen LogP contribution in [0.15, 0.2) is 4.52 Å². The highest BCUT2D eigenvalue weighted by Crippen LogP contribution is 2.12. The van der Waals surface area contributed by atoms with Gasteiger partial charge in [0.2, 0.25) is 5.89 Å². The minimum absolute atomic E-state index is 0.113. The molecule has 0 aliphatic rings. The van der Waals surface area contributed by atoms with Gasteiger partial charge in [-0.15, -0.1) is 11.6 Å². The van der Waals surface area contributed by atoms with E-state index in [1.165, 1.54) is 0 Å². The molecular weight excluding hydrogens is 192 g/mol. The first-order valence-corrected chi connectivity index (χ1v) is 4.81. The van der Waals surface area contributed by atoms with E-state index in [-0.39, 0.29) is 6.10 Å². The SMILES string of the molecule is CCOC(C)c1noc(CCCl)n1. The van der Waals surface area contributed by atoms with E-state index in [0.717, 1.165) is 0 Å². The maximum absolute atomic E-state index is 5.53. The number of halogens is 1. The van der Waals surface area contributed by atoms with E-state index in [0.29, 0.717) is 30.6 Å². The second-order valence-electron chi connectivity index (χ2n) is 2.58. The monoisotopic (exact) mass is 204 g/mol. The van der Waals surface area contributed by atoms with Gasteiger partial charge in [0.25, 0.3) is 0 Å². The Balaban J connectivity index is 2.56. The fraction of sp³-hybridized carbons (Fsp3) is 0.750. The van der Waals surface area contributed by atoms with Gasteiger partial charge in [-0.2, -0.15) is 4.98 Å². The van der Waals surface area contributed by atoms with E-state index in [4.69, 9.17) is 20.9 Å². The Hall–Kier alpha value is -0.610. The molecule has 0 aliphatic heterocycles. The Morgan fingerprint density at radius 2 is 2.38 bits per heavy atom. The fourth-order valence-electron chi connectivity index (χ4n) is 0.940. The lowest BCUT2D eigenvalue weighted by atomic mass is 10.4. The number of nitrogens with zero attached hydrogens (tertiary/aromatic N) is 2. The zero-order valence-electron chi connectivity index (χ0n) is 7.79. The smallest absolute Gasteiger partial charge is 0.227 e. The minimum Gasteiger partial charge on any atom is -0.371 e. The van der Waals surface area contributed by atoms with Gasteiger partial charge < -0.3 is 9.26 Å². The minimum atomic E-state index is -0.113. The first-order valence-electron chi connectivity index (χ1n) is 4.28. The predicted molar refractivity (Wildman–Crippen MR) is 48.8 cm³/mol. The molecule has 0 saturated carbocycles. The van der Waals surface area contributed by atoms with Crippen LogP contribution in [0.25, 0.3) is 0 Å². The van der Waals surface area contributed by atoms with Crippen molar-refractivity contribution < 1.29 is 9.26 Å². The Kier molecular flexibility index (Phi) is 4.18. The molecule has 1 unspecified atom stereocenters. The predicted octanol–water partition coefficient (Wildman–Crippen LogP) is 1.95. The molecule has 0 amide bonds. The van der Waals surface area contributed by atoms with Crippen LogP contribution in [0.2, 0.25) is 0 Å². The van der Waals surface area contributed by atoms with Gasteiger partial charge >= 0.3 is 0 Å². The second kappa shape index (κ2) is 5.19. The molecule has 1 atom stereocenters. The Bertz CT molecular complexity index is 252. The highest BCUT2D eigenvalue weighted by Gasteiger charge is 2.12. The largest absolute Gasteiger partial charge is 0.371 e. The van der Waals surface area contributed by atoms with Crippen molar-refractivity contribution in [1.29, 1.82) is 0 Å². The van der Waals surface area contributed by atoms with Crippen LogP contribution in [-0.4, -0.2) is 22.6 Å². The zero-order valence-corrected chi connectivity index (χ0v) is 8.54. The maximum atomic E-state index is 5.53. The molecule has 0 fully saturated rings. The molecule has 1 aromatic rings. The van der Waals surface area contributed by atoms with Crippen LogP contribution in [0.1, 0.15) is 31.7 Å². The van der Waals surface area contributed by atoms with E-state index >= 15 is 0 Å². The fourth-order valence-corrected chi connectivity index (χ4v) is 1.10. The third-order valence-electron chi connectivity index (χ3n) is 1.57. The Morgan fingerprint density at radius 3 is 3.00 bits per heavy atom. The van der Waals surface area contributed by atoms with Crippen LogP contribution in [0.3, 0.4) is 0 Å². The molecule has 0 spiro atoms. The van der Waals surface area contributed by atoms with Gasteiger partial charge in [0.05, 0.1) is 0 Å². The summed E-state index contributed by atoms with van der Waals surface area (Å²) in [6.45, 7) is 4.45. The standard InChI is InChI=1S/C8H13ClN2O2/c1-3-12-6(2)8-10-7(4-5-9)13-11-8/h6H,3-5H2,1-2H3. The van der Waals surface area contributed by atoms with E-state index in [1.807, 2.05) is 13.8 Å². The summed E-state index contributed by atoms with van der Waals surface area (Å²) in [4.78, 5) is 4.13. The molecule has 0 bridgehead atoms. The Morgan fingerprint density at radius 1 is 1.62 bits per heavy atom. The summed E-state index contributed by atoms with van der Waals surface area (Å²) in [7, 11) is 0. The van der Waals surface area contributed by atoms with Crippen molar-refractivity contribution in [2.24, 2.45) is 0 Å². The zero-order chi connectivity index (χ0) is 9.68. The molecule has 1 heterocycles. The average Bonchev–Trinajstić information content (AvgIpc) is 2.54. The summed E-state index contributed by atoms with van der Waals surface area (Å²) < 4.78 is 10.2. The molecule has 1 rings (SSSR count). The first-order chi connectivity index (χ1) is 6.27. The number of rotatable bonds is 5. The summed E-state index contributed by atoms with van der Waals surface area (Å²) >= 11 is 5.53. The number of aromatic nitrogens is 2. The summed E-state index contributed by atoms with van der Waals surface area (Å²) in [5.74, 6) is 1.64. The van der Waals surface area contributed by atoms with Crippen LogP contribution in [0, 0.1) is 0 Å². The third-order valence-corrected chi connectivity index (χ3v) is 1.76. The normalized spacial score (nSPS) is 13.2. The number of alkyl halides is 1. The average molecular weight is 205 g/mol. The summed E-state index contributed by atoms with van der Waals surface area (Å²) in [5.41, 5.74) is 0. The third kappa shape index (κ3) is 2.97. The summed E-state index contributed by atoms with van der Waals surface area (Å²) in [6.07, 6.45) is 0.491. The van der Waals surface area contributed by atoms with Crippen LogP contribution in [-0.2, 0) is 11.2 Å². The van der Waals surface area contributed by atoms with Crippen LogP contribution in [0.5, 0.6) is 0 Å². The van der Waals surface area contributed by atoms with Crippen LogP contribution >= 0.6 is 11.6 Å². The van der Waals surface area contributed by atoms with Crippen molar-refractivity contribution >= 4 is 11.6 Å². The van der Waals surface area contributed by atoms with Gasteiger partial charge in [0, 0.05) is 18.9 Å². The molecule has 5 heteroatoms. The van der Waals surface area contributed by atoms with E-state index in [9.17, 15) is 0 Å². The second-order valence-corrected chi connectivity index (χ2v) is 2.96. The molecule has 0 radical (unpaired) electrons. The van der Waals surface area contributed by atoms with Gasteiger partial charge in [0.1, 0.15) is 6.10 Å². The number of hydrogen-bond acceptors (Lipinski definition) is 4. The molecule has 13 heavy (non-hydrogen) atoms. The van der Waals surface area contributed by atoms with Crippen molar-refractivity contribution in [2.45, 2.75) is 26.4 Å². The van der Waals surface area contributed by atoms with Crippen molar-refractivity contribution in [2.75, 3.05) is 12.5 Å². The van der Waals surface area contributed by atoms with Gasteiger partial charge in [-0.3, -0.25) is 0 Å². The van der Waals surface area contributed by atoms with E-state index in [2.05, 4.69) is 10.1 Å². The van der Waals surface area contributed by atoms with Crippen molar-refractivity contribution in [3.8, 4) is 0 Å². The van der Waals surface area contributed by atoms with Gasteiger partial charge in [0.15, 0.2) is 5.82 Å². The maximum Gasteiger partial charge on any atom is 0.227 e. The van der Waals surface area contributed by atoms with Gasteiger partial charge in [-0.1, -0.05) is 5.16 Å². The molecular formula is C8H13ClN2O2. The van der Waals surface area contributed by atoms with E-state index in [1.54, 1.807) is 0 Å². The highest BCUT2D eigenvalue weighted by molar-refractivity contribution is 6.17. The highest BCUT2D eigenvalue weighted by atomic mass is 35.5. The van der Waals surface area contributed by atoms with Crippen molar-refractivity contribution in [1.82, 2.24) is 10.1 Å². The van der Waals surface area contributed by atoms with Gasteiger partial charge in [-0.25, -0.2) is 0 Å². The summed E-state index contributed by atoms with van der Waals surface area (Å²) in [6, 6.07) is 0. The van der Waals surface area contributed by atoms with E-state index < -0.39 is 0 Å².